The lowest BCUT2D eigenvalue weighted by Gasteiger charge is -2.04. The van der Waals surface area contributed by atoms with Gasteiger partial charge in [-0.3, -0.25) is 0 Å². The second kappa shape index (κ2) is 5.27. The van der Waals surface area contributed by atoms with Crippen molar-refractivity contribution in [1.82, 2.24) is 9.97 Å². The highest BCUT2D eigenvalue weighted by Gasteiger charge is 2.01. The Morgan fingerprint density at radius 2 is 2.00 bits per heavy atom. The minimum atomic E-state index is 0.614. The third-order valence-electron chi connectivity index (χ3n) is 2.37. The lowest BCUT2D eigenvalue weighted by Crippen LogP contribution is -2.10. The standard InChI is InChI=1S/C12H14N4O/c1-17-10-4-2-9(3-5-10)8-12-14-7-6-11(15-12)16-13/h2-7H,8,13H2,1H3,(H,14,15,16). The number of ether oxygens (including phenoxy) is 1. The zero-order valence-corrected chi connectivity index (χ0v) is 9.55. The molecule has 0 atom stereocenters. The second-order valence-corrected chi connectivity index (χ2v) is 3.53. The number of nitrogens with two attached hydrogens (primary N) is 1. The summed E-state index contributed by atoms with van der Waals surface area (Å²) in [6, 6.07) is 9.54. The first-order valence-electron chi connectivity index (χ1n) is 5.23. The van der Waals surface area contributed by atoms with E-state index in [1.165, 1.54) is 0 Å². The van der Waals surface area contributed by atoms with Gasteiger partial charge in [0, 0.05) is 18.7 Å². The normalized spacial score (nSPS) is 10.0. The van der Waals surface area contributed by atoms with Gasteiger partial charge in [0.15, 0.2) is 0 Å². The van der Waals surface area contributed by atoms with E-state index in [1.54, 1.807) is 19.4 Å². The predicted octanol–water partition coefficient (Wildman–Crippen LogP) is 1.36. The van der Waals surface area contributed by atoms with E-state index in [0.717, 1.165) is 17.1 Å². The molecule has 0 aliphatic heterocycles. The summed E-state index contributed by atoms with van der Waals surface area (Å²) in [5.74, 6) is 7.47. The minimum Gasteiger partial charge on any atom is -0.497 e. The molecular weight excluding hydrogens is 216 g/mol. The van der Waals surface area contributed by atoms with Gasteiger partial charge in [0.25, 0.3) is 0 Å². The number of nitrogen functional groups attached to an aromatic ring is 1. The summed E-state index contributed by atoms with van der Waals surface area (Å²) in [5, 5.41) is 0. The Bertz CT molecular complexity index is 484. The van der Waals surface area contributed by atoms with E-state index in [-0.39, 0.29) is 0 Å². The summed E-state index contributed by atoms with van der Waals surface area (Å²) < 4.78 is 5.10. The first-order valence-corrected chi connectivity index (χ1v) is 5.23. The molecule has 1 aromatic carbocycles. The molecule has 1 aromatic heterocycles. The van der Waals surface area contributed by atoms with E-state index >= 15 is 0 Å². The van der Waals surface area contributed by atoms with Crippen LogP contribution in [0.1, 0.15) is 11.4 Å². The topological polar surface area (TPSA) is 73.1 Å². The zero-order valence-electron chi connectivity index (χ0n) is 9.55. The molecule has 2 aromatic rings. The number of anilines is 1. The van der Waals surface area contributed by atoms with Gasteiger partial charge < -0.3 is 10.2 Å². The molecule has 0 spiro atoms. The number of nitrogens with zero attached hydrogens (tertiary/aromatic N) is 2. The van der Waals surface area contributed by atoms with Gasteiger partial charge in [-0.25, -0.2) is 15.8 Å². The molecule has 0 amide bonds. The quantitative estimate of drug-likeness (QED) is 0.613. The Hall–Kier alpha value is -2.14. The number of rotatable bonds is 4. The molecular formula is C12H14N4O. The Balaban J connectivity index is 2.13. The van der Waals surface area contributed by atoms with Crippen LogP contribution in [-0.4, -0.2) is 17.1 Å². The zero-order chi connectivity index (χ0) is 12.1. The number of aromatic nitrogens is 2. The number of methoxy groups -OCH3 is 1. The molecule has 0 saturated carbocycles. The fourth-order valence-electron chi connectivity index (χ4n) is 1.49. The number of hydrazine groups is 1. The highest BCUT2D eigenvalue weighted by atomic mass is 16.5. The van der Waals surface area contributed by atoms with E-state index in [0.29, 0.717) is 12.2 Å². The van der Waals surface area contributed by atoms with Crippen molar-refractivity contribution in [2.24, 2.45) is 5.84 Å². The molecule has 5 nitrogen and oxygen atoms in total. The Labute approximate surface area is 99.6 Å². The first-order chi connectivity index (χ1) is 8.31. The fourth-order valence-corrected chi connectivity index (χ4v) is 1.49. The molecule has 88 valence electrons. The predicted molar refractivity (Wildman–Crippen MR) is 65.6 cm³/mol. The van der Waals surface area contributed by atoms with Crippen LogP contribution in [0, 0.1) is 0 Å². The molecule has 1 heterocycles. The van der Waals surface area contributed by atoms with Crippen LogP contribution in [0.5, 0.6) is 5.75 Å². The summed E-state index contributed by atoms with van der Waals surface area (Å²) in [7, 11) is 1.65. The van der Waals surface area contributed by atoms with Gasteiger partial charge in [0.2, 0.25) is 0 Å². The van der Waals surface area contributed by atoms with E-state index in [1.807, 2.05) is 24.3 Å². The molecule has 0 aliphatic carbocycles. The summed E-state index contributed by atoms with van der Waals surface area (Å²) in [6.07, 6.45) is 2.35. The smallest absolute Gasteiger partial charge is 0.143 e. The molecule has 0 fully saturated rings. The van der Waals surface area contributed by atoms with Crippen LogP contribution in [0.4, 0.5) is 5.82 Å². The van der Waals surface area contributed by atoms with Crippen LogP contribution in [-0.2, 0) is 6.42 Å². The van der Waals surface area contributed by atoms with Gasteiger partial charge in [-0.1, -0.05) is 12.1 Å². The van der Waals surface area contributed by atoms with Gasteiger partial charge in [0.1, 0.15) is 17.4 Å². The molecule has 0 aliphatic rings. The van der Waals surface area contributed by atoms with Crippen LogP contribution >= 0.6 is 0 Å². The number of nitrogens with one attached hydrogen (secondary N) is 1. The van der Waals surface area contributed by atoms with Gasteiger partial charge in [-0.05, 0) is 17.7 Å². The van der Waals surface area contributed by atoms with Crippen LogP contribution in [0.2, 0.25) is 0 Å². The summed E-state index contributed by atoms with van der Waals surface area (Å²) >= 11 is 0. The highest BCUT2D eigenvalue weighted by Crippen LogP contribution is 2.13. The first kappa shape index (κ1) is 11.3. The molecule has 17 heavy (non-hydrogen) atoms. The second-order valence-electron chi connectivity index (χ2n) is 3.53. The third kappa shape index (κ3) is 2.92. The Morgan fingerprint density at radius 1 is 1.24 bits per heavy atom. The van der Waals surface area contributed by atoms with Crippen molar-refractivity contribution in [3.05, 3.63) is 47.9 Å². The summed E-state index contributed by atoms with van der Waals surface area (Å²) in [5.41, 5.74) is 3.63. The van der Waals surface area contributed by atoms with E-state index in [4.69, 9.17) is 10.6 Å². The maximum atomic E-state index is 5.29. The van der Waals surface area contributed by atoms with Crippen LogP contribution in [0.15, 0.2) is 36.5 Å². The van der Waals surface area contributed by atoms with Gasteiger partial charge >= 0.3 is 0 Å². The van der Waals surface area contributed by atoms with E-state index < -0.39 is 0 Å². The van der Waals surface area contributed by atoms with Gasteiger partial charge in [-0.15, -0.1) is 0 Å². The Morgan fingerprint density at radius 3 is 2.65 bits per heavy atom. The van der Waals surface area contributed by atoms with Gasteiger partial charge in [-0.2, -0.15) is 0 Å². The SMILES string of the molecule is COc1ccc(Cc2nccc(NN)n2)cc1. The number of hydrogen-bond donors (Lipinski definition) is 2. The van der Waals surface area contributed by atoms with Crippen LogP contribution in [0.3, 0.4) is 0 Å². The average Bonchev–Trinajstić information content (AvgIpc) is 2.40. The Kier molecular flexibility index (Phi) is 3.52. The average molecular weight is 230 g/mol. The molecule has 2 rings (SSSR count). The lowest BCUT2D eigenvalue weighted by atomic mass is 10.1. The number of hydrogen-bond acceptors (Lipinski definition) is 5. The summed E-state index contributed by atoms with van der Waals surface area (Å²) in [6.45, 7) is 0. The van der Waals surface area contributed by atoms with Crippen molar-refractivity contribution in [2.45, 2.75) is 6.42 Å². The number of benzene rings is 1. The van der Waals surface area contributed by atoms with Crippen molar-refractivity contribution in [1.29, 1.82) is 0 Å². The molecule has 0 unspecified atom stereocenters. The third-order valence-corrected chi connectivity index (χ3v) is 2.37. The van der Waals surface area contributed by atoms with Gasteiger partial charge in [0.05, 0.1) is 7.11 Å². The molecule has 0 radical (unpaired) electrons. The van der Waals surface area contributed by atoms with Crippen LogP contribution in [0.25, 0.3) is 0 Å². The van der Waals surface area contributed by atoms with Crippen molar-refractivity contribution >= 4 is 5.82 Å². The van der Waals surface area contributed by atoms with Crippen molar-refractivity contribution in [2.75, 3.05) is 12.5 Å². The lowest BCUT2D eigenvalue weighted by molar-refractivity contribution is 0.414. The van der Waals surface area contributed by atoms with Crippen molar-refractivity contribution in [3.8, 4) is 5.75 Å². The summed E-state index contributed by atoms with van der Waals surface area (Å²) in [4.78, 5) is 8.44. The fraction of sp³-hybridized carbons (Fsp3) is 0.167. The largest absolute Gasteiger partial charge is 0.497 e. The van der Waals surface area contributed by atoms with E-state index in [2.05, 4.69) is 15.4 Å². The monoisotopic (exact) mass is 230 g/mol. The molecule has 3 N–H and O–H groups in total. The molecule has 5 heteroatoms. The van der Waals surface area contributed by atoms with Crippen LogP contribution < -0.4 is 16.0 Å². The van der Waals surface area contributed by atoms with Crippen molar-refractivity contribution < 1.29 is 4.74 Å². The molecule has 0 saturated heterocycles. The minimum absolute atomic E-state index is 0.614. The maximum Gasteiger partial charge on any atom is 0.143 e. The highest BCUT2D eigenvalue weighted by molar-refractivity contribution is 5.33. The van der Waals surface area contributed by atoms with Crippen molar-refractivity contribution in [3.63, 3.8) is 0 Å². The molecule has 0 bridgehead atoms. The maximum absolute atomic E-state index is 5.29. The van der Waals surface area contributed by atoms with E-state index in [9.17, 15) is 0 Å².